The number of amides is 1. The molecule has 1 atom stereocenters. The summed E-state index contributed by atoms with van der Waals surface area (Å²) in [7, 11) is 0. The highest BCUT2D eigenvalue weighted by Crippen LogP contribution is 2.33. The number of morpholine rings is 1. The quantitative estimate of drug-likeness (QED) is 0.579. The first kappa shape index (κ1) is 19.5. The molecule has 0 saturated carbocycles. The lowest BCUT2D eigenvalue weighted by atomic mass is 10.2. The molecule has 1 saturated heterocycles. The van der Waals surface area contributed by atoms with Crippen LogP contribution in [0.1, 0.15) is 6.92 Å². The van der Waals surface area contributed by atoms with Crippen LogP contribution in [-0.2, 0) is 9.53 Å². The predicted octanol–water partition coefficient (Wildman–Crippen LogP) is 4.91. The highest BCUT2D eigenvalue weighted by atomic mass is 35.5. The van der Waals surface area contributed by atoms with E-state index in [9.17, 15) is 4.79 Å². The smallest absolute Gasteiger partial charge is 0.237 e. The molecule has 1 aliphatic rings. The number of aromatic nitrogens is 1. The molecular weight excluding hydrogens is 414 g/mol. The third kappa shape index (κ3) is 4.60. The standard InChI is InChI=1S/C20H20ClN3O2S2/c1-13(27-20-23-17-12-14(21)2-7-18(17)28-20)19(25)22-15-3-5-16(6-4-15)24-8-10-26-11-9-24/h2-7,12-13H,8-11H2,1H3,(H,22,25)/t13-/m1/s1. The third-order valence-electron chi connectivity index (χ3n) is 4.49. The molecule has 2 heterocycles. The molecular formula is C20H20ClN3O2S2. The molecule has 1 aromatic heterocycles. The van der Waals surface area contributed by atoms with Gasteiger partial charge in [0.25, 0.3) is 0 Å². The summed E-state index contributed by atoms with van der Waals surface area (Å²) in [5, 5.41) is 3.40. The average Bonchev–Trinajstić information content (AvgIpc) is 3.10. The van der Waals surface area contributed by atoms with Gasteiger partial charge in [-0.3, -0.25) is 4.79 Å². The highest BCUT2D eigenvalue weighted by Gasteiger charge is 2.18. The van der Waals surface area contributed by atoms with Crippen molar-refractivity contribution in [3.05, 3.63) is 47.5 Å². The van der Waals surface area contributed by atoms with Crippen LogP contribution < -0.4 is 10.2 Å². The molecule has 0 bridgehead atoms. The Balaban J connectivity index is 1.36. The van der Waals surface area contributed by atoms with Gasteiger partial charge in [-0.15, -0.1) is 11.3 Å². The van der Waals surface area contributed by atoms with Crippen LogP contribution in [-0.4, -0.2) is 42.4 Å². The number of thiazole rings is 1. The van der Waals surface area contributed by atoms with Crippen LogP contribution in [0, 0.1) is 0 Å². The summed E-state index contributed by atoms with van der Waals surface area (Å²) in [4.78, 5) is 19.4. The maximum Gasteiger partial charge on any atom is 0.237 e. The van der Waals surface area contributed by atoms with Crippen molar-refractivity contribution in [1.82, 2.24) is 4.98 Å². The molecule has 0 spiro atoms. The summed E-state index contributed by atoms with van der Waals surface area (Å²) in [6.07, 6.45) is 0. The molecule has 4 rings (SSSR count). The Morgan fingerprint density at radius 1 is 1.25 bits per heavy atom. The number of thioether (sulfide) groups is 1. The molecule has 2 aromatic carbocycles. The summed E-state index contributed by atoms with van der Waals surface area (Å²) in [6, 6.07) is 13.6. The normalized spacial score (nSPS) is 15.6. The molecule has 8 heteroatoms. The van der Waals surface area contributed by atoms with Gasteiger partial charge in [0.15, 0.2) is 4.34 Å². The van der Waals surface area contributed by atoms with Crippen molar-refractivity contribution in [1.29, 1.82) is 0 Å². The molecule has 5 nitrogen and oxygen atoms in total. The van der Waals surface area contributed by atoms with Gasteiger partial charge >= 0.3 is 0 Å². The molecule has 1 aliphatic heterocycles. The van der Waals surface area contributed by atoms with Crippen LogP contribution >= 0.6 is 34.7 Å². The van der Waals surface area contributed by atoms with Crippen LogP contribution in [0.2, 0.25) is 5.02 Å². The van der Waals surface area contributed by atoms with Gasteiger partial charge in [0, 0.05) is 29.5 Å². The Hall–Kier alpha value is -1.80. The Morgan fingerprint density at radius 2 is 2.00 bits per heavy atom. The number of fused-ring (bicyclic) bond motifs is 1. The van der Waals surface area contributed by atoms with Crippen molar-refractivity contribution >= 4 is 62.2 Å². The van der Waals surface area contributed by atoms with Gasteiger partial charge < -0.3 is 15.0 Å². The van der Waals surface area contributed by atoms with E-state index >= 15 is 0 Å². The Bertz CT molecular complexity index is 971. The fraction of sp³-hybridized carbons (Fsp3) is 0.300. The maximum absolute atomic E-state index is 12.6. The molecule has 1 N–H and O–H groups in total. The number of anilines is 2. The van der Waals surface area contributed by atoms with Gasteiger partial charge in [-0.1, -0.05) is 23.4 Å². The minimum atomic E-state index is -0.255. The number of nitrogens with one attached hydrogen (secondary N) is 1. The second-order valence-electron chi connectivity index (χ2n) is 6.49. The minimum absolute atomic E-state index is 0.0404. The molecule has 146 valence electrons. The Morgan fingerprint density at radius 3 is 2.75 bits per heavy atom. The van der Waals surface area contributed by atoms with E-state index in [1.54, 1.807) is 11.3 Å². The molecule has 3 aromatic rings. The molecule has 1 amide bonds. The number of hydrogen-bond acceptors (Lipinski definition) is 6. The molecule has 0 unspecified atom stereocenters. The number of carbonyl (C=O) groups is 1. The first-order valence-corrected chi connectivity index (χ1v) is 11.1. The molecule has 28 heavy (non-hydrogen) atoms. The van der Waals surface area contributed by atoms with Crippen LogP contribution in [0.3, 0.4) is 0 Å². The van der Waals surface area contributed by atoms with Gasteiger partial charge in [-0.2, -0.15) is 0 Å². The Labute approximate surface area is 177 Å². The van der Waals surface area contributed by atoms with E-state index in [4.69, 9.17) is 16.3 Å². The lowest BCUT2D eigenvalue weighted by molar-refractivity contribution is -0.115. The van der Waals surface area contributed by atoms with Crippen molar-refractivity contribution in [2.45, 2.75) is 16.5 Å². The first-order valence-electron chi connectivity index (χ1n) is 9.05. The fourth-order valence-electron chi connectivity index (χ4n) is 2.96. The van der Waals surface area contributed by atoms with E-state index in [2.05, 4.69) is 15.2 Å². The van der Waals surface area contributed by atoms with E-state index in [1.165, 1.54) is 11.8 Å². The van der Waals surface area contributed by atoms with Gasteiger partial charge in [0.2, 0.25) is 5.91 Å². The highest BCUT2D eigenvalue weighted by molar-refractivity contribution is 8.02. The Kier molecular flexibility index (Phi) is 6.06. The van der Waals surface area contributed by atoms with Crippen molar-refractivity contribution in [3.8, 4) is 0 Å². The van der Waals surface area contributed by atoms with Crippen molar-refractivity contribution in [2.24, 2.45) is 0 Å². The van der Waals surface area contributed by atoms with Gasteiger partial charge in [-0.05, 0) is 49.4 Å². The van der Waals surface area contributed by atoms with E-state index in [-0.39, 0.29) is 11.2 Å². The molecule has 0 radical (unpaired) electrons. The zero-order valence-electron chi connectivity index (χ0n) is 15.4. The summed E-state index contributed by atoms with van der Waals surface area (Å²) in [5.74, 6) is -0.0404. The van der Waals surface area contributed by atoms with Crippen molar-refractivity contribution < 1.29 is 9.53 Å². The van der Waals surface area contributed by atoms with Gasteiger partial charge in [0.05, 0.1) is 28.7 Å². The zero-order chi connectivity index (χ0) is 19.5. The monoisotopic (exact) mass is 433 g/mol. The van der Waals surface area contributed by atoms with Gasteiger partial charge in [0.1, 0.15) is 0 Å². The molecule has 0 aliphatic carbocycles. The predicted molar refractivity (Wildman–Crippen MR) is 118 cm³/mol. The topological polar surface area (TPSA) is 54.5 Å². The van der Waals surface area contributed by atoms with E-state index in [1.807, 2.05) is 49.4 Å². The van der Waals surface area contributed by atoms with Crippen molar-refractivity contribution in [2.75, 3.05) is 36.5 Å². The van der Waals surface area contributed by atoms with E-state index < -0.39 is 0 Å². The first-order chi connectivity index (χ1) is 13.6. The molecule has 1 fully saturated rings. The van der Waals surface area contributed by atoms with E-state index in [0.29, 0.717) is 5.02 Å². The average molecular weight is 434 g/mol. The number of halogens is 1. The van der Waals surface area contributed by atoms with E-state index in [0.717, 1.165) is 52.2 Å². The van der Waals surface area contributed by atoms with Crippen LogP contribution in [0.4, 0.5) is 11.4 Å². The second kappa shape index (κ2) is 8.69. The lowest BCUT2D eigenvalue weighted by Crippen LogP contribution is -2.36. The second-order valence-corrected chi connectivity index (χ2v) is 9.54. The maximum atomic E-state index is 12.6. The summed E-state index contributed by atoms with van der Waals surface area (Å²) >= 11 is 9.05. The van der Waals surface area contributed by atoms with Crippen LogP contribution in [0.5, 0.6) is 0 Å². The largest absolute Gasteiger partial charge is 0.378 e. The van der Waals surface area contributed by atoms with Crippen LogP contribution in [0.25, 0.3) is 10.2 Å². The summed E-state index contributed by atoms with van der Waals surface area (Å²) < 4.78 is 7.32. The number of benzene rings is 2. The summed E-state index contributed by atoms with van der Waals surface area (Å²) in [5.41, 5.74) is 2.81. The number of carbonyl (C=O) groups excluding carboxylic acids is 1. The fourth-order valence-corrected chi connectivity index (χ4v) is 5.31. The van der Waals surface area contributed by atoms with Crippen LogP contribution in [0.15, 0.2) is 46.8 Å². The zero-order valence-corrected chi connectivity index (χ0v) is 17.7. The third-order valence-corrected chi connectivity index (χ3v) is 6.95. The summed E-state index contributed by atoms with van der Waals surface area (Å²) in [6.45, 7) is 5.19. The van der Waals surface area contributed by atoms with Gasteiger partial charge in [-0.25, -0.2) is 4.98 Å². The number of nitrogens with zero attached hydrogens (tertiary/aromatic N) is 2. The minimum Gasteiger partial charge on any atom is -0.378 e. The van der Waals surface area contributed by atoms with Crippen molar-refractivity contribution in [3.63, 3.8) is 0 Å². The number of hydrogen-bond donors (Lipinski definition) is 1. The lowest BCUT2D eigenvalue weighted by Gasteiger charge is -2.28. The number of rotatable bonds is 5. The number of ether oxygens (including phenoxy) is 1. The SMILES string of the molecule is C[C@@H](Sc1nc2cc(Cl)ccc2s1)C(=O)Nc1ccc(N2CCOCC2)cc1.